The van der Waals surface area contributed by atoms with Gasteiger partial charge in [0.1, 0.15) is 0 Å². The van der Waals surface area contributed by atoms with E-state index in [0.717, 1.165) is 5.56 Å². The molecule has 0 saturated heterocycles. The van der Waals surface area contributed by atoms with Crippen molar-refractivity contribution in [2.45, 2.75) is 26.3 Å². The topological polar surface area (TPSA) is 73.9 Å². The fourth-order valence-corrected chi connectivity index (χ4v) is 1.79. The number of esters is 1. The number of carbonyl (C=O) groups excluding carboxylic acids is 2. The number of rotatable bonds is 6. The first-order valence-corrected chi connectivity index (χ1v) is 6.50. The maximum Gasteiger partial charge on any atom is 0.306 e. The van der Waals surface area contributed by atoms with E-state index < -0.39 is 0 Å². The lowest BCUT2D eigenvalue weighted by Crippen LogP contribution is -2.23. The maximum absolute atomic E-state index is 11.6. The Morgan fingerprint density at radius 2 is 2.05 bits per heavy atom. The van der Waals surface area contributed by atoms with Crippen molar-refractivity contribution in [3.63, 3.8) is 0 Å². The highest BCUT2D eigenvalue weighted by Crippen LogP contribution is 2.32. The molecule has 0 bridgehead atoms. The monoisotopic (exact) mass is 279 g/mol. The van der Waals surface area contributed by atoms with Crippen LogP contribution in [0.15, 0.2) is 18.2 Å². The first-order chi connectivity index (χ1) is 9.69. The van der Waals surface area contributed by atoms with Gasteiger partial charge in [-0.15, -0.1) is 0 Å². The molecule has 20 heavy (non-hydrogen) atoms. The molecule has 1 aliphatic heterocycles. The lowest BCUT2D eigenvalue weighted by molar-refractivity contribution is -0.144. The van der Waals surface area contributed by atoms with Crippen LogP contribution in [0.1, 0.15) is 25.3 Å². The zero-order valence-electron chi connectivity index (χ0n) is 11.3. The minimum Gasteiger partial charge on any atom is -0.466 e. The van der Waals surface area contributed by atoms with Crippen LogP contribution in [0.2, 0.25) is 0 Å². The third-order valence-corrected chi connectivity index (χ3v) is 2.79. The van der Waals surface area contributed by atoms with Crippen LogP contribution in [0.4, 0.5) is 0 Å². The SMILES string of the molecule is CCOC(=O)CCC(=O)NCc1ccc2c(c1)OCO2. The minimum absolute atomic E-state index is 0.0980. The molecule has 0 atom stereocenters. The Morgan fingerprint density at radius 1 is 1.25 bits per heavy atom. The molecule has 1 heterocycles. The van der Waals surface area contributed by atoms with E-state index in [-0.39, 0.29) is 31.5 Å². The normalized spacial score (nSPS) is 12.1. The van der Waals surface area contributed by atoms with Crippen molar-refractivity contribution in [3.05, 3.63) is 23.8 Å². The van der Waals surface area contributed by atoms with E-state index in [4.69, 9.17) is 14.2 Å². The number of carbonyl (C=O) groups is 2. The Balaban J connectivity index is 1.74. The molecule has 0 aliphatic carbocycles. The number of hydrogen-bond donors (Lipinski definition) is 1. The molecule has 0 aromatic heterocycles. The zero-order valence-corrected chi connectivity index (χ0v) is 11.3. The third-order valence-electron chi connectivity index (χ3n) is 2.79. The molecule has 0 radical (unpaired) electrons. The minimum atomic E-state index is -0.356. The molecule has 0 saturated carbocycles. The van der Waals surface area contributed by atoms with Crippen LogP contribution in [0.3, 0.4) is 0 Å². The average Bonchev–Trinajstić information content (AvgIpc) is 2.90. The number of benzene rings is 1. The first kappa shape index (κ1) is 14.2. The fraction of sp³-hybridized carbons (Fsp3) is 0.429. The molecule has 1 amide bonds. The fourth-order valence-electron chi connectivity index (χ4n) is 1.79. The molecule has 1 N–H and O–H groups in total. The summed E-state index contributed by atoms with van der Waals surface area (Å²) in [6, 6.07) is 5.50. The van der Waals surface area contributed by atoms with Gasteiger partial charge in [0.15, 0.2) is 11.5 Å². The largest absolute Gasteiger partial charge is 0.466 e. The number of fused-ring (bicyclic) bond motifs is 1. The molecule has 1 aliphatic rings. The summed E-state index contributed by atoms with van der Waals surface area (Å²) >= 11 is 0. The van der Waals surface area contributed by atoms with Gasteiger partial charge in [-0.05, 0) is 24.6 Å². The van der Waals surface area contributed by atoms with Gasteiger partial charge < -0.3 is 19.5 Å². The predicted molar refractivity (Wildman–Crippen MR) is 70.3 cm³/mol. The lowest BCUT2D eigenvalue weighted by atomic mass is 10.2. The van der Waals surface area contributed by atoms with Crippen LogP contribution < -0.4 is 14.8 Å². The Bertz CT molecular complexity index is 500. The number of amides is 1. The summed E-state index contributed by atoms with van der Waals surface area (Å²) in [5.41, 5.74) is 0.915. The van der Waals surface area contributed by atoms with E-state index in [9.17, 15) is 9.59 Å². The highest BCUT2D eigenvalue weighted by molar-refractivity contribution is 5.81. The van der Waals surface area contributed by atoms with Gasteiger partial charge in [-0.25, -0.2) is 0 Å². The van der Waals surface area contributed by atoms with Gasteiger partial charge in [0.05, 0.1) is 13.0 Å². The summed E-state index contributed by atoms with van der Waals surface area (Å²) in [4.78, 5) is 22.7. The Hall–Kier alpha value is -2.24. The van der Waals surface area contributed by atoms with Crippen molar-refractivity contribution >= 4 is 11.9 Å². The lowest BCUT2D eigenvalue weighted by Gasteiger charge is -2.06. The van der Waals surface area contributed by atoms with Crippen LogP contribution in [-0.2, 0) is 20.9 Å². The van der Waals surface area contributed by atoms with Crippen molar-refractivity contribution in [3.8, 4) is 11.5 Å². The predicted octanol–water partition coefficient (Wildman–Crippen LogP) is 1.37. The number of nitrogens with one attached hydrogen (secondary N) is 1. The van der Waals surface area contributed by atoms with Gasteiger partial charge in [-0.1, -0.05) is 6.07 Å². The van der Waals surface area contributed by atoms with Crippen LogP contribution >= 0.6 is 0 Å². The zero-order chi connectivity index (χ0) is 14.4. The van der Waals surface area contributed by atoms with Crippen molar-refractivity contribution in [2.24, 2.45) is 0 Å². The Morgan fingerprint density at radius 3 is 2.85 bits per heavy atom. The average molecular weight is 279 g/mol. The van der Waals surface area contributed by atoms with E-state index in [1.807, 2.05) is 18.2 Å². The molecule has 0 spiro atoms. The molecule has 6 nitrogen and oxygen atoms in total. The molecule has 0 unspecified atom stereocenters. The third kappa shape index (κ3) is 3.88. The van der Waals surface area contributed by atoms with E-state index in [1.165, 1.54) is 0 Å². The smallest absolute Gasteiger partial charge is 0.306 e. The van der Waals surface area contributed by atoms with Crippen molar-refractivity contribution < 1.29 is 23.8 Å². The van der Waals surface area contributed by atoms with Crippen molar-refractivity contribution in [1.82, 2.24) is 5.32 Å². The summed E-state index contributed by atoms with van der Waals surface area (Å²) in [5, 5.41) is 2.74. The van der Waals surface area contributed by atoms with Gasteiger partial charge in [0, 0.05) is 13.0 Å². The highest BCUT2D eigenvalue weighted by Gasteiger charge is 2.13. The maximum atomic E-state index is 11.6. The molecular weight excluding hydrogens is 262 g/mol. The van der Waals surface area contributed by atoms with Crippen LogP contribution in [-0.4, -0.2) is 25.3 Å². The molecule has 1 aromatic carbocycles. The molecule has 2 rings (SSSR count). The highest BCUT2D eigenvalue weighted by atomic mass is 16.7. The summed E-state index contributed by atoms with van der Waals surface area (Å²) in [6.45, 7) is 2.68. The van der Waals surface area contributed by atoms with Crippen molar-refractivity contribution in [1.29, 1.82) is 0 Å². The van der Waals surface area contributed by atoms with Crippen LogP contribution in [0.5, 0.6) is 11.5 Å². The summed E-state index contributed by atoms with van der Waals surface area (Å²) in [6.07, 6.45) is 0.226. The second-order valence-corrected chi connectivity index (χ2v) is 4.27. The molecule has 0 fully saturated rings. The van der Waals surface area contributed by atoms with Gasteiger partial charge >= 0.3 is 5.97 Å². The summed E-state index contributed by atoms with van der Waals surface area (Å²) in [5.74, 6) is 0.854. The molecule has 6 heteroatoms. The van der Waals surface area contributed by atoms with E-state index >= 15 is 0 Å². The second kappa shape index (κ2) is 6.79. The van der Waals surface area contributed by atoms with Crippen LogP contribution in [0, 0.1) is 0 Å². The van der Waals surface area contributed by atoms with Crippen LogP contribution in [0.25, 0.3) is 0 Å². The summed E-state index contributed by atoms with van der Waals surface area (Å²) in [7, 11) is 0. The van der Waals surface area contributed by atoms with E-state index in [0.29, 0.717) is 24.7 Å². The molecule has 108 valence electrons. The molecule has 1 aromatic rings. The van der Waals surface area contributed by atoms with E-state index in [1.54, 1.807) is 6.92 Å². The second-order valence-electron chi connectivity index (χ2n) is 4.27. The van der Waals surface area contributed by atoms with Gasteiger partial charge in [0.25, 0.3) is 0 Å². The first-order valence-electron chi connectivity index (χ1n) is 6.50. The van der Waals surface area contributed by atoms with Gasteiger partial charge in [-0.2, -0.15) is 0 Å². The standard InChI is InChI=1S/C14H17NO5/c1-2-18-14(17)6-5-13(16)15-8-10-3-4-11-12(7-10)20-9-19-11/h3-4,7H,2,5-6,8-9H2,1H3,(H,15,16). The Labute approximate surface area is 117 Å². The van der Waals surface area contributed by atoms with Crippen molar-refractivity contribution in [2.75, 3.05) is 13.4 Å². The summed E-state index contributed by atoms with van der Waals surface area (Å²) < 4.78 is 15.2. The number of ether oxygens (including phenoxy) is 3. The number of hydrogen-bond acceptors (Lipinski definition) is 5. The van der Waals surface area contributed by atoms with Gasteiger partial charge in [0.2, 0.25) is 12.7 Å². The van der Waals surface area contributed by atoms with E-state index in [2.05, 4.69) is 5.32 Å². The quantitative estimate of drug-likeness (QED) is 0.796. The molecular formula is C14H17NO5. The van der Waals surface area contributed by atoms with Gasteiger partial charge in [-0.3, -0.25) is 9.59 Å². The Kier molecular flexibility index (Phi) is 4.81.